The SMILES string of the molecule is CC(=O)Nc1cccc(NC(=O)CSc2nc(C(F)(F)F)cc(=O)[nH]2)c1. The molecular formula is C15H13F3N4O3S. The van der Waals surface area contributed by atoms with E-state index >= 15 is 0 Å². The molecule has 0 spiro atoms. The third kappa shape index (κ3) is 5.92. The smallest absolute Gasteiger partial charge is 0.326 e. The number of carbonyl (C=O) groups is 2. The molecule has 0 saturated carbocycles. The van der Waals surface area contributed by atoms with Crippen molar-refractivity contribution in [1.29, 1.82) is 0 Å². The average Bonchev–Trinajstić information content (AvgIpc) is 2.51. The first-order valence-corrected chi connectivity index (χ1v) is 8.11. The fourth-order valence-electron chi connectivity index (χ4n) is 1.86. The van der Waals surface area contributed by atoms with E-state index in [1.54, 1.807) is 18.2 Å². The van der Waals surface area contributed by atoms with Crippen molar-refractivity contribution in [2.45, 2.75) is 18.3 Å². The number of H-pyrrole nitrogens is 1. The van der Waals surface area contributed by atoms with Crippen LogP contribution in [0.25, 0.3) is 0 Å². The minimum Gasteiger partial charge on any atom is -0.326 e. The number of aromatic amines is 1. The van der Waals surface area contributed by atoms with E-state index in [0.717, 1.165) is 0 Å². The summed E-state index contributed by atoms with van der Waals surface area (Å²) < 4.78 is 37.9. The van der Waals surface area contributed by atoms with Gasteiger partial charge in [0.2, 0.25) is 11.8 Å². The summed E-state index contributed by atoms with van der Waals surface area (Å²) >= 11 is 0.659. The maximum absolute atomic E-state index is 12.6. The Morgan fingerprint density at radius 3 is 2.46 bits per heavy atom. The van der Waals surface area contributed by atoms with Crippen molar-refractivity contribution < 1.29 is 22.8 Å². The normalized spacial score (nSPS) is 11.1. The van der Waals surface area contributed by atoms with E-state index in [1.165, 1.54) is 13.0 Å². The lowest BCUT2D eigenvalue weighted by Crippen LogP contribution is -2.18. The van der Waals surface area contributed by atoms with Crippen LogP contribution in [-0.4, -0.2) is 27.5 Å². The van der Waals surface area contributed by atoms with Crippen LogP contribution in [-0.2, 0) is 15.8 Å². The molecule has 0 atom stereocenters. The molecule has 0 fully saturated rings. The van der Waals surface area contributed by atoms with E-state index in [2.05, 4.69) is 20.6 Å². The van der Waals surface area contributed by atoms with E-state index in [1.807, 2.05) is 0 Å². The van der Waals surface area contributed by atoms with Gasteiger partial charge in [-0.15, -0.1) is 0 Å². The van der Waals surface area contributed by atoms with Gasteiger partial charge in [0, 0.05) is 24.4 Å². The van der Waals surface area contributed by atoms with Gasteiger partial charge in [-0.05, 0) is 18.2 Å². The van der Waals surface area contributed by atoms with Gasteiger partial charge in [0.05, 0.1) is 5.75 Å². The molecule has 0 aliphatic carbocycles. The first-order valence-electron chi connectivity index (χ1n) is 7.12. The number of amides is 2. The number of anilines is 2. The fourth-order valence-corrected chi connectivity index (χ4v) is 2.53. The predicted octanol–water partition coefficient (Wildman–Crippen LogP) is 2.48. The Labute approximate surface area is 149 Å². The molecule has 138 valence electrons. The molecule has 11 heteroatoms. The standard InChI is InChI=1S/C15H13F3N4O3S/c1-8(23)19-9-3-2-4-10(5-9)20-13(25)7-26-14-21-11(15(16,17)18)6-12(24)22-14/h2-6H,7H2,1H3,(H,19,23)(H,20,25)(H,21,22,24). The van der Waals surface area contributed by atoms with Crippen molar-refractivity contribution in [1.82, 2.24) is 9.97 Å². The van der Waals surface area contributed by atoms with Crippen molar-refractivity contribution >= 4 is 35.0 Å². The molecule has 0 aliphatic heterocycles. The van der Waals surface area contributed by atoms with Crippen LogP contribution < -0.4 is 16.2 Å². The van der Waals surface area contributed by atoms with Crippen LogP contribution in [0.5, 0.6) is 0 Å². The first kappa shape index (κ1) is 19.5. The average molecular weight is 386 g/mol. The Kier molecular flexibility index (Phi) is 6.03. The summed E-state index contributed by atoms with van der Waals surface area (Å²) in [6.45, 7) is 1.34. The molecule has 3 N–H and O–H groups in total. The zero-order valence-corrected chi connectivity index (χ0v) is 14.1. The summed E-state index contributed by atoms with van der Waals surface area (Å²) in [6.07, 6.45) is -4.75. The van der Waals surface area contributed by atoms with Crippen molar-refractivity contribution in [2.75, 3.05) is 16.4 Å². The zero-order chi connectivity index (χ0) is 19.3. The van der Waals surface area contributed by atoms with Gasteiger partial charge >= 0.3 is 6.18 Å². The Balaban J connectivity index is 2.00. The number of hydrogen-bond donors (Lipinski definition) is 3. The number of nitrogens with one attached hydrogen (secondary N) is 3. The Morgan fingerprint density at radius 2 is 1.85 bits per heavy atom. The molecule has 1 aromatic carbocycles. The molecule has 7 nitrogen and oxygen atoms in total. The molecule has 2 aromatic rings. The maximum Gasteiger partial charge on any atom is 0.433 e. The van der Waals surface area contributed by atoms with Gasteiger partial charge in [-0.1, -0.05) is 17.8 Å². The van der Waals surface area contributed by atoms with Gasteiger partial charge < -0.3 is 15.6 Å². The van der Waals surface area contributed by atoms with Gasteiger partial charge in [0.25, 0.3) is 5.56 Å². The molecule has 2 amide bonds. The summed E-state index contributed by atoms with van der Waals surface area (Å²) in [5.41, 5.74) is -1.41. The largest absolute Gasteiger partial charge is 0.433 e. The first-order chi connectivity index (χ1) is 12.1. The molecule has 26 heavy (non-hydrogen) atoms. The molecule has 0 aliphatic rings. The second kappa shape index (κ2) is 8.04. The van der Waals surface area contributed by atoms with Gasteiger partial charge in [-0.2, -0.15) is 13.2 Å². The van der Waals surface area contributed by atoms with E-state index in [-0.39, 0.29) is 16.8 Å². The molecule has 1 aromatic heterocycles. The van der Waals surface area contributed by atoms with Gasteiger partial charge in [-0.25, -0.2) is 4.98 Å². The van der Waals surface area contributed by atoms with Crippen molar-refractivity contribution in [3.63, 3.8) is 0 Å². The third-order valence-corrected chi connectivity index (χ3v) is 3.69. The highest BCUT2D eigenvalue weighted by molar-refractivity contribution is 7.99. The number of halogens is 3. The number of alkyl halides is 3. The van der Waals surface area contributed by atoms with Crippen LogP contribution >= 0.6 is 11.8 Å². The molecule has 0 saturated heterocycles. The van der Waals surface area contributed by atoms with Crippen LogP contribution in [0.2, 0.25) is 0 Å². The number of carbonyl (C=O) groups excluding carboxylic acids is 2. The van der Waals surface area contributed by atoms with E-state index in [4.69, 9.17) is 0 Å². The Bertz CT molecular complexity index is 883. The molecule has 2 rings (SSSR count). The third-order valence-electron chi connectivity index (χ3n) is 2.82. The second-order valence-electron chi connectivity index (χ2n) is 5.03. The predicted molar refractivity (Wildman–Crippen MR) is 90.0 cm³/mol. The summed E-state index contributed by atoms with van der Waals surface area (Å²) in [6, 6.07) is 6.69. The van der Waals surface area contributed by atoms with Gasteiger partial charge in [-0.3, -0.25) is 14.4 Å². The number of benzene rings is 1. The summed E-state index contributed by atoms with van der Waals surface area (Å²) in [5.74, 6) is -1.06. The number of rotatable bonds is 5. The van der Waals surface area contributed by atoms with E-state index in [0.29, 0.717) is 29.2 Å². The van der Waals surface area contributed by atoms with Crippen molar-refractivity contribution in [3.05, 3.63) is 46.4 Å². The van der Waals surface area contributed by atoms with E-state index in [9.17, 15) is 27.6 Å². The van der Waals surface area contributed by atoms with Gasteiger partial charge in [0.1, 0.15) is 0 Å². The minimum atomic E-state index is -4.75. The second-order valence-corrected chi connectivity index (χ2v) is 6.00. The number of thioether (sulfide) groups is 1. The quantitative estimate of drug-likeness (QED) is 0.541. The zero-order valence-electron chi connectivity index (χ0n) is 13.3. The highest BCUT2D eigenvalue weighted by Crippen LogP contribution is 2.27. The molecule has 0 bridgehead atoms. The summed E-state index contributed by atoms with van der Waals surface area (Å²) in [4.78, 5) is 39.6. The van der Waals surface area contributed by atoms with E-state index < -0.39 is 23.3 Å². The Hall–Kier alpha value is -2.82. The topological polar surface area (TPSA) is 104 Å². The molecule has 0 unspecified atom stereocenters. The fraction of sp³-hybridized carbons (Fsp3) is 0.200. The molecule has 1 heterocycles. The van der Waals surface area contributed by atoms with Crippen molar-refractivity contribution in [2.24, 2.45) is 0 Å². The summed E-state index contributed by atoms with van der Waals surface area (Å²) in [5, 5.41) is 4.77. The van der Waals surface area contributed by atoms with Crippen LogP contribution in [0, 0.1) is 0 Å². The minimum absolute atomic E-state index is 0.269. The van der Waals surface area contributed by atoms with Gasteiger partial charge in [0.15, 0.2) is 10.9 Å². The lowest BCUT2D eigenvalue weighted by molar-refractivity contribution is -0.141. The monoisotopic (exact) mass is 386 g/mol. The van der Waals surface area contributed by atoms with Crippen molar-refractivity contribution in [3.8, 4) is 0 Å². The lowest BCUT2D eigenvalue weighted by Gasteiger charge is -2.08. The number of hydrogen-bond acceptors (Lipinski definition) is 5. The highest BCUT2D eigenvalue weighted by atomic mass is 32.2. The molecular weight excluding hydrogens is 373 g/mol. The Morgan fingerprint density at radius 1 is 1.19 bits per heavy atom. The summed E-state index contributed by atoms with van der Waals surface area (Å²) in [7, 11) is 0. The lowest BCUT2D eigenvalue weighted by atomic mass is 10.2. The highest BCUT2D eigenvalue weighted by Gasteiger charge is 2.33. The van der Waals surface area contributed by atoms with Crippen LogP contribution in [0.3, 0.4) is 0 Å². The number of aromatic nitrogens is 2. The van der Waals surface area contributed by atoms with Crippen LogP contribution in [0.4, 0.5) is 24.5 Å². The molecule has 0 radical (unpaired) electrons. The van der Waals surface area contributed by atoms with Crippen LogP contribution in [0.1, 0.15) is 12.6 Å². The maximum atomic E-state index is 12.6. The van der Waals surface area contributed by atoms with Crippen LogP contribution in [0.15, 0.2) is 40.3 Å². The number of nitrogens with zero attached hydrogens (tertiary/aromatic N) is 1.